The molecule has 0 atom stereocenters. The lowest BCUT2D eigenvalue weighted by Gasteiger charge is -2.16. The molecule has 0 aromatic carbocycles. The molecule has 2 rings (SSSR count). The van der Waals surface area contributed by atoms with E-state index in [2.05, 4.69) is 10.3 Å². The Bertz CT molecular complexity index is 269. The van der Waals surface area contributed by atoms with Crippen molar-refractivity contribution in [3.63, 3.8) is 0 Å². The van der Waals surface area contributed by atoms with Gasteiger partial charge in [0, 0.05) is 26.1 Å². The van der Waals surface area contributed by atoms with Crippen LogP contribution >= 0.6 is 0 Å². The number of rotatable bonds is 2. The van der Waals surface area contributed by atoms with Gasteiger partial charge in [-0.2, -0.15) is 0 Å². The highest BCUT2D eigenvalue weighted by atomic mass is 16.2. The van der Waals surface area contributed by atoms with Gasteiger partial charge >= 0.3 is 0 Å². The Labute approximate surface area is 97.1 Å². The Hall–Kier alpha value is -1.06. The molecule has 0 unspecified atom stereocenters. The summed E-state index contributed by atoms with van der Waals surface area (Å²) >= 11 is 0. The molecule has 90 valence electrons. The fraction of sp³-hybridized carbons (Fsp3) is 0.833. The van der Waals surface area contributed by atoms with E-state index in [0.717, 1.165) is 44.7 Å². The summed E-state index contributed by atoms with van der Waals surface area (Å²) in [5.41, 5.74) is 0. The van der Waals surface area contributed by atoms with Crippen molar-refractivity contribution >= 4 is 11.7 Å². The van der Waals surface area contributed by atoms with Gasteiger partial charge in [0.1, 0.15) is 0 Å². The molecular formula is C12H21N3O. The molecule has 4 nitrogen and oxygen atoms in total. The van der Waals surface area contributed by atoms with Gasteiger partial charge in [-0.25, -0.2) is 0 Å². The van der Waals surface area contributed by atoms with Crippen LogP contribution in [0.1, 0.15) is 38.5 Å². The Balaban J connectivity index is 1.73. The first-order chi connectivity index (χ1) is 7.86. The normalized spacial score (nSPS) is 21.5. The van der Waals surface area contributed by atoms with Crippen LogP contribution in [0.4, 0.5) is 0 Å². The van der Waals surface area contributed by atoms with Crippen molar-refractivity contribution in [2.75, 3.05) is 26.2 Å². The van der Waals surface area contributed by atoms with Crippen LogP contribution in [-0.2, 0) is 4.79 Å². The van der Waals surface area contributed by atoms with E-state index < -0.39 is 0 Å². The largest absolute Gasteiger partial charge is 0.365 e. The molecule has 0 aromatic heterocycles. The number of amides is 1. The Morgan fingerprint density at radius 3 is 2.81 bits per heavy atom. The average molecular weight is 223 g/mol. The first-order valence-corrected chi connectivity index (χ1v) is 6.41. The molecule has 0 spiro atoms. The smallest absolute Gasteiger partial charge is 0.241 e. The molecule has 4 heteroatoms. The summed E-state index contributed by atoms with van der Waals surface area (Å²) in [5.74, 6) is 1.26. The van der Waals surface area contributed by atoms with Gasteiger partial charge in [0.15, 0.2) is 0 Å². The van der Waals surface area contributed by atoms with E-state index in [-0.39, 0.29) is 5.91 Å². The average Bonchev–Trinajstić information content (AvgIpc) is 2.71. The van der Waals surface area contributed by atoms with Crippen molar-refractivity contribution in [3.8, 4) is 0 Å². The highest BCUT2D eigenvalue weighted by Gasteiger charge is 2.17. The van der Waals surface area contributed by atoms with Crippen molar-refractivity contribution in [1.29, 1.82) is 0 Å². The van der Waals surface area contributed by atoms with Crippen LogP contribution in [0, 0.1) is 0 Å². The zero-order chi connectivity index (χ0) is 11.2. The number of nitrogens with zero attached hydrogens (tertiary/aromatic N) is 2. The molecule has 16 heavy (non-hydrogen) atoms. The topological polar surface area (TPSA) is 44.7 Å². The Morgan fingerprint density at radius 1 is 1.19 bits per heavy atom. The first-order valence-electron chi connectivity index (χ1n) is 6.41. The van der Waals surface area contributed by atoms with E-state index in [1.165, 1.54) is 19.3 Å². The van der Waals surface area contributed by atoms with Crippen LogP contribution in [-0.4, -0.2) is 42.8 Å². The second kappa shape index (κ2) is 5.87. The molecule has 1 amide bonds. The van der Waals surface area contributed by atoms with E-state index in [4.69, 9.17) is 0 Å². The summed E-state index contributed by atoms with van der Waals surface area (Å²) in [6.45, 7) is 3.22. The minimum Gasteiger partial charge on any atom is -0.365 e. The second-order valence-corrected chi connectivity index (χ2v) is 4.58. The van der Waals surface area contributed by atoms with Gasteiger partial charge in [-0.1, -0.05) is 6.42 Å². The van der Waals surface area contributed by atoms with E-state index in [9.17, 15) is 4.79 Å². The minimum atomic E-state index is 0.226. The predicted molar refractivity (Wildman–Crippen MR) is 64.6 cm³/mol. The van der Waals surface area contributed by atoms with Gasteiger partial charge in [-0.05, 0) is 25.7 Å². The quantitative estimate of drug-likeness (QED) is 0.764. The van der Waals surface area contributed by atoms with Gasteiger partial charge in [-0.15, -0.1) is 0 Å². The molecule has 2 aliphatic heterocycles. The van der Waals surface area contributed by atoms with Gasteiger partial charge in [0.2, 0.25) is 5.91 Å². The molecule has 0 bridgehead atoms. The standard InChI is InChI=1S/C12H21N3O/c16-12(15-8-4-5-9-15)10-14-11-6-2-1-3-7-13-11/h1-10H2,(H,13,14). The maximum Gasteiger partial charge on any atom is 0.241 e. The lowest BCUT2D eigenvalue weighted by atomic mass is 10.2. The van der Waals surface area contributed by atoms with Gasteiger partial charge in [0.25, 0.3) is 0 Å². The molecular weight excluding hydrogens is 202 g/mol. The van der Waals surface area contributed by atoms with Gasteiger partial charge < -0.3 is 10.2 Å². The van der Waals surface area contributed by atoms with Crippen molar-refractivity contribution in [3.05, 3.63) is 0 Å². The zero-order valence-corrected chi connectivity index (χ0v) is 9.87. The number of aliphatic imine (C=N–C) groups is 1. The SMILES string of the molecule is O=C(CNC1=NCCCCC1)N1CCCC1. The van der Waals surface area contributed by atoms with Crippen molar-refractivity contribution < 1.29 is 4.79 Å². The second-order valence-electron chi connectivity index (χ2n) is 4.58. The molecule has 1 fully saturated rings. The van der Waals surface area contributed by atoms with E-state index in [1.54, 1.807) is 0 Å². The van der Waals surface area contributed by atoms with E-state index >= 15 is 0 Å². The number of carbonyl (C=O) groups excluding carboxylic acids is 1. The molecule has 0 saturated carbocycles. The molecule has 2 aliphatic rings. The third-order valence-corrected chi connectivity index (χ3v) is 3.28. The van der Waals surface area contributed by atoms with Crippen LogP contribution in [0.5, 0.6) is 0 Å². The monoisotopic (exact) mass is 223 g/mol. The van der Waals surface area contributed by atoms with Crippen molar-refractivity contribution in [1.82, 2.24) is 10.2 Å². The zero-order valence-electron chi connectivity index (χ0n) is 9.87. The van der Waals surface area contributed by atoms with Crippen LogP contribution in [0.15, 0.2) is 4.99 Å². The number of hydrogen-bond donors (Lipinski definition) is 1. The maximum atomic E-state index is 11.8. The van der Waals surface area contributed by atoms with Crippen LogP contribution in [0.2, 0.25) is 0 Å². The molecule has 0 radical (unpaired) electrons. The number of amidine groups is 1. The summed E-state index contributed by atoms with van der Waals surface area (Å²) in [5, 5.41) is 3.20. The van der Waals surface area contributed by atoms with Crippen molar-refractivity contribution in [2.45, 2.75) is 38.5 Å². The first kappa shape index (κ1) is 11.4. The maximum absolute atomic E-state index is 11.8. The Morgan fingerprint density at radius 2 is 2.00 bits per heavy atom. The molecule has 1 saturated heterocycles. The predicted octanol–water partition coefficient (Wildman–Crippen LogP) is 1.17. The highest BCUT2D eigenvalue weighted by Crippen LogP contribution is 2.08. The summed E-state index contributed by atoms with van der Waals surface area (Å²) in [7, 11) is 0. The van der Waals surface area contributed by atoms with Gasteiger partial charge in [0.05, 0.1) is 12.4 Å². The summed E-state index contributed by atoms with van der Waals surface area (Å²) in [6, 6.07) is 0. The fourth-order valence-corrected chi connectivity index (χ4v) is 2.27. The molecule has 2 heterocycles. The van der Waals surface area contributed by atoms with E-state index in [0.29, 0.717) is 6.54 Å². The molecule has 0 aliphatic carbocycles. The highest BCUT2D eigenvalue weighted by molar-refractivity contribution is 5.87. The van der Waals surface area contributed by atoms with Crippen LogP contribution in [0.25, 0.3) is 0 Å². The third-order valence-electron chi connectivity index (χ3n) is 3.28. The summed E-state index contributed by atoms with van der Waals surface area (Å²) in [6.07, 6.45) is 6.97. The Kier molecular flexibility index (Phi) is 4.19. The fourth-order valence-electron chi connectivity index (χ4n) is 2.27. The van der Waals surface area contributed by atoms with Crippen molar-refractivity contribution in [2.24, 2.45) is 4.99 Å². The molecule has 1 N–H and O–H groups in total. The lowest BCUT2D eigenvalue weighted by molar-refractivity contribution is -0.128. The summed E-state index contributed by atoms with van der Waals surface area (Å²) < 4.78 is 0. The lowest BCUT2D eigenvalue weighted by Crippen LogP contribution is -2.38. The van der Waals surface area contributed by atoms with Crippen LogP contribution < -0.4 is 5.32 Å². The van der Waals surface area contributed by atoms with Crippen LogP contribution in [0.3, 0.4) is 0 Å². The van der Waals surface area contributed by atoms with Gasteiger partial charge in [-0.3, -0.25) is 9.79 Å². The molecule has 0 aromatic rings. The number of nitrogens with one attached hydrogen (secondary N) is 1. The number of likely N-dealkylation sites (tertiary alicyclic amines) is 1. The number of carbonyl (C=O) groups is 1. The number of hydrogen-bond acceptors (Lipinski definition) is 3. The summed E-state index contributed by atoms with van der Waals surface area (Å²) in [4.78, 5) is 18.2. The third kappa shape index (κ3) is 3.22. The van der Waals surface area contributed by atoms with E-state index in [1.807, 2.05) is 4.90 Å². The minimum absolute atomic E-state index is 0.226.